The molecule has 0 fully saturated rings. The van der Waals surface area contributed by atoms with Gasteiger partial charge in [0.2, 0.25) is 11.8 Å². The molecule has 6 bridgehead atoms. The van der Waals surface area contributed by atoms with Crippen LogP contribution in [0.3, 0.4) is 0 Å². The second kappa shape index (κ2) is 18.3. The molecule has 5 rings (SSSR count). The van der Waals surface area contributed by atoms with Crippen LogP contribution in [0.25, 0.3) is 12.2 Å². The number of nitrogens with one attached hydrogen (secondary N) is 4. The molecule has 2 amide bonds. The number of allylic oxidation sites excluding steroid dienone is 7. The summed E-state index contributed by atoms with van der Waals surface area (Å²) in [7, 11) is 3.15. The Bertz CT molecular complexity index is 2170. The zero-order chi connectivity index (χ0) is 41.9. The highest BCUT2D eigenvalue weighted by molar-refractivity contribution is 7.99. The summed E-state index contributed by atoms with van der Waals surface area (Å²) in [5.41, 5.74) is 27.4. The van der Waals surface area contributed by atoms with Gasteiger partial charge in [-0.05, 0) is 128 Å². The van der Waals surface area contributed by atoms with E-state index in [2.05, 4.69) is 54.4 Å². The number of aromatic amines is 2. The number of aromatic nitrogens is 2. The molecule has 2 aromatic heterocycles. The smallest absolute Gasteiger partial charge is 0.303 e. The number of likely N-dealkylation sites (N-methyl/N-ethyl adjacent to an activating group) is 2. The van der Waals surface area contributed by atoms with Crippen molar-refractivity contribution in [1.82, 2.24) is 20.6 Å². The third-order valence-electron chi connectivity index (χ3n) is 11.1. The fourth-order valence-corrected chi connectivity index (χ4v) is 10.1. The van der Waals surface area contributed by atoms with Gasteiger partial charge >= 0.3 is 11.9 Å². The highest BCUT2D eigenvalue weighted by Gasteiger charge is 2.32. The van der Waals surface area contributed by atoms with Crippen molar-refractivity contribution in [2.24, 2.45) is 16.5 Å². The standard InChI is InChI=1S/C42H55N7O6S2/c1-19-25(9-11-37(50)51)28-14-34-26(10-12-38(52)53)20(2)32(47-34)15-35-40(24(6)57-18-30(44)42(55)46-8)22(4)33(49-35)16-36-39(21(3)31(48-36)13-27(19)28)23(5)56-17-29(43)41(54)45-7/h13-15,23-24,29-30,48-49H,9-12,16-18,43-44H2,1-8H3,(H,45,54)(H,46,55)(H,50,51)(H,52,53)/t23-,24-,29+,30-/m1/s1. The van der Waals surface area contributed by atoms with Crippen LogP contribution in [0, 0.1) is 13.8 Å². The summed E-state index contributed by atoms with van der Waals surface area (Å²) in [5, 5.41) is 24.5. The van der Waals surface area contributed by atoms with Crippen LogP contribution < -0.4 is 22.1 Å². The van der Waals surface area contributed by atoms with Gasteiger partial charge in [0.05, 0.1) is 23.5 Å². The van der Waals surface area contributed by atoms with Gasteiger partial charge in [0.25, 0.3) is 0 Å². The van der Waals surface area contributed by atoms with E-state index in [9.17, 15) is 29.4 Å². The molecule has 2 aliphatic heterocycles. The number of carboxylic acids is 2. The number of aliphatic imine (C=N–C) groups is 1. The van der Waals surface area contributed by atoms with Crippen LogP contribution in [0.1, 0.15) is 109 Å². The number of carboxylic acid groups (broad SMARTS) is 2. The highest BCUT2D eigenvalue weighted by Crippen LogP contribution is 2.46. The molecule has 0 saturated heterocycles. The molecule has 0 radical (unpaired) electrons. The minimum absolute atomic E-state index is 0.0250. The second-order valence-corrected chi connectivity index (χ2v) is 17.6. The lowest BCUT2D eigenvalue weighted by molar-refractivity contribution is -0.137. The van der Waals surface area contributed by atoms with Gasteiger partial charge in [-0.1, -0.05) is 0 Å². The van der Waals surface area contributed by atoms with Crippen LogP contribution in [0.4, 0.5) is 0 Å². The van der Waals surface area contributed by atoms with E-state index in [-0.39, 0.29) is 41.6 Å². The first-order chi connectivity index (χ1) is 27.0. The number of rotatable bonds is 16. The summed E-state index contributed by atoms with van der Waals surface area (Å²) in [6.45, 7) is 12.4. The van der Waals surface area contributed by atoms with E-state index in [4.69, 9.17) is 16.5 Å². The van der Waals surface area contributed by atoms with Gasteiger partial charge in [-0.15, -0.1) is 0 Å². The van der Waals surface area contributed by atoms with Crippen molar-refractivity contribution in [3.05, 3.63) is 90.2 Å². The molecule has 3 aliphatic rings. The Hall–Kier alpha value is -4.57. The summed E-state index contributed by atoms with van der Waals surface area (Å²) < 4.78 is 0. The number of nitrogens with zero attached hydrogens (tertiary/aromatic N) is 1. The van der Waals surface area contributed by atoms with E-state index in [1.165, 1.54) is 0 Å². The minimum atomic E-state index is -0.909. The van der Waals surface area contributed by atoms with Crippen molar-refractivity contribution in [3.8, 4) is 0 Å². The number of carbonyl (C=O) groups excluding carboxylic acids is 2. The topological polar surface area (TPSA) is 229 Å². The number of thioether (sulfide) groups is 2. The van der Waals surface area contributed by atoms with Crippen molar-refractivity contribution in [3.63, 3.8) is 0 Å². The van der Waals surface area contributed by atoms with Gasteiger partial charge in [0.15, 0.2) is 0 Å². The lowest BCUT2D eigenvalue weighted by Gasteiger charge is -2.29. The number of amides is 2. The first-order valence-electron chi connectivity index (χ1n) is 19.2. The average molecular weight is 818 g/mol. The molecule has 0 aromatic carbocycles. The van der Waals surface area contributed by atoms with E-state index in [1.807, 2.05) is 26.0 Å². The molecule has 13 nitrogen and oxygen atoms in total. The largest absolute Gasteiger partial charge is 0.481 e. The van der Waals surface area contributed by atoms with E-state index in [0.29, 0.717) is 35.8 Å². The van der Waals surface area contributed by atoms with Gasteiger partial charge in [-0.3, -0.25) is 19.2 Å². The molecule has 2 aromatic rings. The summed E-state index contributed by atoms with van der Waals surface area (Å²) in [5.74, 6) is -1.40. The minimum Gasteiger partial charge on any atom is -0.481 e. The first-order valence-corrected chi connectivity index (χ1v) is 21.3. The number of H-pyrrole nitrogens is 2. The van der Waals surface area contributed by atoms with E-state index < -0.39 is 24.0 Å². The normalized spacial score (nSPS) is 17.2. The Morgan fingerprint density at radius 2 is 1.28 bits per heavy atom. The summed E-state index contributed by atoms with van der Waals surface area (Å²) in [6.07, 6.45) is 7.20. The predicted octanol–water partition coefficient (Wildman–Crippen LogP) is 5.78. The molecular formula is C42H55N7O6S2. The maximum atomic E-state index is 12.3. The molecule has 0 saturated carbocycles. The maximum absolute atomic E-state index is 12.3. The summed E-state index contributed by atoms with van der Waals surface area (Å²) in [4.78, 5) is 60.8. The van der Waals surface area contributed by atoms with Gasteiger partial charge in [0.1, 0.15) is 0 Å². The van der Waals surface area contributed by atoms with Crippen molar-refractivity contribution in [2.75, 3.05) is 25.6 Å². The summed E-state index contributed by atoms with van der Waals surface area (Å²) in [6, 6.07) is -1.33. The Kier molecular flexibility index (Phi) is 14.0. The zero-order valence-electron chi connectivity index (χ0n) is 33.9. The third-order valence-corrected chi connectivity index (χ3v) is 13.7. The van der Waals surface area contributed by atoms with Gasteiger partial charge in [0, 0.05) is 78.1 Å². The lowest BCUT2D eigenvalue weighted by Crippen LogP contribution is -2.40. The molecule has 0 spiro atoms. The molecule has 4 atom stereocenters. The average Bonchev–Trinajstić information content (AvgIpc) is 3.76. The van der Waals surface area contributed by atoms with Crippen molar-refractivity contribution >= 4 is 65.1 Å². The Labute approximate surface area is 342 Å². The number of hydrogen-bond acceptors (Lipinski definition) is 9. The van der Waals surface area contributed by atoms with E-state index in [1.54, 1.807) is 37.6 Å². The molecular weight excluding hydrogens is 763 g/mol. The second-order valence-electron chi connectivity index (χ2n) is 14.8. The number of hydrogen-bond donors (Lipinski definition) is 8. The lowest BCUT2D eigenvalue weighted by atomic mass is 9.74. The fraction of sp³-hybridized carbons (Fsp3) is 0.452. The number of carbonyl (C=O) groups is 4. The predicted molar refractivity (Wildman–Crippen MR) is 230 cm³/mol. The molecule has 57 heavy (non-hydrogen) atoms. The van der Waals surface area contributed by atoms with Crippen molar-refractivity contribution in [1.29, 1.82) is 0 Å². The van der Waals surface area contributed by atoms with Crippen LogP contribution >= 0.6 is 23.5 Å². The Morgan fingerprint density at radius 3 is 1.84 bits per heavy atom. The molecule has 10 N–H and O–H groups in total. The number of nitrogens with two attached hydrogens (primary N) is 2. The van der Waals surface area contributed by atoms with E-state index >= 15 is 0 Å². The van der Waals surface area contributed by atoms with E-state index in [0.717, 1.165) is 78.5 Å². The van der Waals surface area contributed by atoms with Crippen LogP contribution in [-0.4, -0.2) is 87.3 Å². The SMILES string of the molecule is CNC(=O)[C@H](N)CS[C@H](C)c1c2[nH]c(c1C)Cc1[nH]c(c(C)c1[C@@H](C)SC[C@H](N)C(=O)NC)C=C1C(=CC3=NC(=C2)C(C)=C3CCC(=O)O)C(CCC(=O)O)=C1C. The first kappa shape index (κ1) is 43.6. The van der Waals surface area contributed by atoms with Crippen LogP contribution in [0.15, 0.2) is 50.2 Å². The van der Waals surface area contributed by atoms with Crippen molar-refractivity contribution in [2.45, 2.75) is 96.2 Å². The highest BCUT2D eigenvalue weighted by atomic mass is 32.2. The maximum Gasteiger partial charge on any atom is 0.303 e. The van der Waals surface area contributed by atoms with Crippen LogP contribution in [0.5, 0.6) is 0 Å². The monoisotopic (exact) mass is 817 g/mol. The molecule has 15 heteroatoms. The molecule has 0 unspecified atom stereocenters. The van der Waals surface area contributed by atoms with Crippen LogP contribution in [0.2, 0.25) is 0 Å². The number of aliphatic carboxylic acids is 2. The Morgan fingerprint density at radius 1 is 0.737 bits per heavy atom. The summed E-state index contributed by atoms with van der Waals surface area (Å²) >= 11 is 3.21. The molecule has 1 aliphatic carbocycles. The van der Waals surface area contributed by atoms with Crippen molar-refractivity contribution < 1.29 is 29.4 Å². The third kappa shape index (κ3) is 9.43. The molecule has 306 valence electrons. The zero-order valence-corrected chi connectivity index (χ0v) is 35.6. The quantitative estimate of drug-likeness (QED) is 0.102. The van der Waals surface area contributed by atoms with Crippen LogP contribution in [-0.2, 0) is 25.6 Å². The van der Waals surface area contributed by atoms with Gasteiger partial charge in [-0.25, -0.2) is 4.99 Å². The van der Waals surface area contributed by atoms with Gasteiger partial charge in [-0.2, -0.15) is 23.5 Å². The number of fused-ring (bicyclic) bond motifs is 6. The van der Waals surface area contributed by atoms with Gasteiger partial charge < -0.3 is 42.3 Å². The Balaban J connectivity index is 1.73. The fourth-order valence-electron chi connectivity index (χ4n) is 7.82. The molecule has 4 heterocycles.